The van der Waals surface area contributed by atoms with Gasteiger partial charge in [0, 0.05) is 10.6 Å². The van der Waals surface area contributed by atoms with Crippen LogP contribution >= 0.6 is 11.6 Å². The summed E-state index contributed by atoms with van der Waals surface area (Å²) in [4.78, 5) is 21.4. The minimum Gasteiger partial charge on any atom is -0.497 e. The van der Waals surface area contributed by atoms with Crippen LogP contribution in [-0.2, 0) is 4.79 Å². The predicted molar refractivity (Wildman–Crippen MR) is 50.0 cm³/mol. The van der Waals surface area contributed by atoms with Crippen LogP contribution in [0.3, 0.4) is 0 Å². The largest absolute Gasteiger partial charge is 0.497 e. The Morgan fingerprint density at radius 2 is 2.00 bits per heavy atom. The van der Waals surface area contributed by atoms with E-state index < -0.39 is 11.8 Å². The number of carbonyl (C=O) groups excluding carboxylic acids is 1. The van der Waals surface area contributed by atoms with E-state index in [0.717, 1.165) is 0 Å². The Kier molecular flexibility index (Phi) is 3.09. The van der Waals surface area contributed by atoms with Crippen molar-refractivity contribution in [3.63, 3.8) is 0 Å². The molecule has 1 aromatic rings. The van der Waals surface area contributed by atoms with E-state index >= 15 is 0 Å². The van der Waals surface area contributed by atoms with Crippen molar-refractivity contribution in [2.24, 2.45) is 0 Å². The fourth-order valence-electron chi connectivity index (χ4n) is 0.935. The van der Waals surface area contributed by atoms with Crippen molar-refractivity contribution in [2.45, 2.75) is 0 Å². The van der Waals surface area contributed by atoms with Gasteiger partial charge in [-0.15, -0.1) is 0 Å². The van der Waals surface area contributed by atoms with E-state index in [1.54, 1.807) is 0 Å². The smallest absolute Gasteiger partial charge is 0.377 e. The van der Waals surface area contributed by atoms with Gasteiger partial charge >= 0.3 is 5.97 Å². The van der Waals surface area contributed by atoms with Crippen LogP contribution in [0.4, 0.5) is 0 Å². The van der Waals surface area contributed by atoms with Crippen molar-refractivity contribution in [1.82, 2.24) is 0 Å². The van der Waals surface area contributed by atoms with Crippen LogP contribution in [0.1, 0.15) is 10.4 Å². The molecule has 0 aliphatic heterocycles. The second-order valence-electron chi connectivity index (χ2n) is 2.51. The first kappa shape index (κ1) is 10.5. The number of hydrogen-bond acceptors (Lipinski definition) is 3. The average molecular weight is 215 g/mol. The Morgan fingerprint density at radius 3 is 2.50 bits per heavy atom. The van der Waals surface area contributed by atoms with Crippen LogP contribution in [0.5, 0.6) is 5.75 Å². The number of halogens is 1. The van der Waals surface area contributed by atoms with Gasteiger partial charge in [-0.1, -0.05) is 11.6 Å². The lowest BCUT2D eigenvalue weighted by Crippen LogP contribution is -2.12. The van der Waals surface area contributed by atoms with Gasteiger partial charge in [0.25, 0.3) is 5.78 Å². The van der Waals surface area contributed by atoms with Crippen molar-refractivity contribution in [1.29, 1.82) is 0 Å². The maximum absolute atomic E-state index is 11.1. The van der Waals surface area contributed by atoms with Gasteiger partial charge in [0.05, 0.1) is 7.11 Å². The van der Waals surface area contributed by atoms with E-state index in [1.165, 1.54) is 25.3 Å². The van der Waals surface area contributed by atoms with Gasteiger partial charge in [0.15, 0.2) is 0 Å². The van der Waals surface area contributed by atoms with E-state index in [9.17, 15) is 9.59 Å². The number of ether oxygens (including phenoxy) is 1. The van der Waals surface area contributed by atoms with E-state index in [-0.39, 0.29) is 10.6 Å². The molecule has 1 N–H and O–H groups in total. The van der Waals surface area contributed by atoms with Crippen LogP contribution in [0, 0.1) is 0 Å². The molecule has 0 saturated carbocycles. The Balaban J connectivity index is 3.15. The molecule has 4 nitrogen and oxygen atoms in total. The lowest BCUT2D eigenvalue weighted by Gasteiger charge is -2.02. The predicted octanol–water partition coefficient (Wildman–Crippen LogP) is 1.62. The summed E-state index contributed by atoms with van der Waals surface area (Å²) in [5.74, 6) is -2.18. The molecule has 0 aliphatic rings. The minimum atomic E-state index is -1.52. The average Bonchev–Trinajstić information content (AvgIpc) is 2.15. The third-order valence-corrected chi connectivity index (χ3v) is 1.78. The lowest BCUT2D eigenvalue weighted by molar-refractivity contribution is -0.131. The fourth-order valence-corrected chi connectivity index (χ4v) is 1.16. The highest BCUT2D eigenvalue weighted by atomic mass is 35.5. The maximum Gasteiger partial charge on any atom is 0.377 e. The topological polar surface area (TPSA) is 63.6 Å². The Labute approximate surface area is 85.1 Å². The molecule has 0 aromatic heterocycles. The number of carboxylic acid groups (broad SMARTS) is 1. The zero-order valence-electron chi connectivity index (χ0n) is 7.28. The van der Waals surface area contributed by atoms with Crippen molar-refractivity contribution < 1.29 is 19.4 Å². The maximum atomic E-state index is 11.1. The van der Waals surface area contributed by atoms with E-state index in [2.05, 4.69) is 0 Å². The summed E-state index contributed by atoms with van der Waals surface area (Å²) in [6.45, 7) is 0. The molecule has 74 valence electrons. The molecule has 0 spiro atoms. The van der Waals surface area contributed by atoms with Crippen LogP contribution < -0.4 is 4.74 Å². The number of carboxylic acids is 1. The highest BCUT2D eigenvalue weighted by Gasteiger charge is 2.15. The number of aliphatic carboxylic acids is 1. The quantitative estimate of drug-likeness (QED) is 0.613. The molecule has 1 rings (SSSR count). The first-order valence-electron chi connectivity index (χ1n) is 3.67. The summed E-state index contributed by atoms with van der Waals surface area (Å²) >= 11 is 5.65. The highest BCUT2D eigenvalue weighted by Crippen LogP contribution is 2.20. The SMILES string of the molecule is COc1cc(Cl)cc(C(=O)C(=O)O)c1. The second kappa shape index (κ2) is 4.11. The fraction of sp³-hybridized carbons (Fsp3) is 0.111. The van der Waals surface area contributed by atoms with E-state index in [1.807, 2.05) is 0 Å². The van der Waals surface area contributed by atoms with Gasteiger partial charge < -0.3 is 9.84 Å². The molecule has 14 heavy (non-hydrogen) atoms. The first-order valence-corrected chi connectivity index (χ1v) is 4.04. The normalized spacial score (nSPS) is 9.57. The van der Waals surface area contributed by atoms with Crippen LogP contribution in [-0.4, -0.2) is 24.0 Å². The molecular formula is C9H7ClO4. The summed E-state index contributed by atoms with van der Waals surface area (Å²) < 4.78 is 4.84. The zero-order chi connectivity index (χ0) is 10.7. The molecule has 0 bridgehead atoms. The van der Waals surface area contributed by atoms with Gasteiger partial charge in [-0.2, -0.15) is 0 Å². The molecular weight excluding hydrogens is 208 g/mol. The second-order valence-corrected chi connectivity index (χ2v) is 2.95. The number of rotatable bonds is 3. The molecule has 0 aliphatic carbocycles. The monoisotopic (exact) mass is 214 g/mol. The molecule has 0 amide bonds. The van der Waals surface area contributed by atoms with Gasteiger partial charge in [0.1, 0.15) is 5.75 Å². The number of methoxy groups -OCH3 is 1. The summed E-state index contributed by atoms with van der Waals surface area (Å²) in [5.41, 5.74) is 0.00171. The highest BCUT2D eigenvalue weighted by molar-refractivity contribution is 6.40. The van der Waals surface area contributed by atoms with Crippen LogP contribution in [0.25, 0.3) is 0 Å². The lowest BCUT2D eigenvalue weighted by atomic mass is 10.1. The molecule has 0 radical (unpaired) electrons. The molecule has 0 unspecified atom stereocenters. The standard InChI is InChI=1S/C9H7ClO4/c1-14-7-3-5(2-6(10)4-7)8(11)9(12)13/h2-4H,1H3,(H,12,13). The Hall–Kier alpha value is -1.55. The van der Waals surface area contributed by atoms with Gasteiger partial charge in [0.2, 0.25) is 0 Å². The van der Waals surface area contributed by atoms with Crippen molar-refractivity contribution in [2.75, 3.05) is 7.11 Å². The summed E-state index contributed by atoms with van der Waals surface area (Å²) in [5, 5.41) is 8.71. The molecule has 0 fully saturated rings. The third-order valence-electron chi connectivity index (χ3n) is 1.56. The molecule has 0 atom stereocenters. The number of benzene rings is 1. The molecule has 1 aromatic carbocycles. The Bertz CT molecular complexity index is 386. The van der Waals surface area contributed by atoms with Crippen molar-refractivity contribution in [3.05, 3.63) is 28.8 Å². The summed E-state index contributed by atoms with van der Waals surface area (Å²) in [7, 11) is 1.40. The van der Waals surface area contributed by atoms with Crippen molar-refractivity contribution in [3.8, 4) is 5.75 Å². The Morgan fingerprint density at radius 1 is 1.36 bits per heavy atom. The van der Waals surface area contributed by atoms with Crippen LogP contribution in [0.2, 0.25) is 5.02 Å². The van der Waals surface area contributed by atoms with Crippen molar-refractivity contribution >= 4 is 23.4 Å². The number of ketones is 1. The molecule has 5 heteroatoms. The number of Topliss-reactive ketones (excluding diaryl/α,β-unsaturated/α-hetero) is 1. The first-order chi connectivity index (χ1) is 6.54. The number of carbonyl (C=O) groups is 2. The minimum absolute atomic E-state index is 0.00171. The summed E-state index contributed by atoms with van der Waals surface area (Å²) in [6.07, 6.45) is 0. The van der Waals surface area contributed by atoms with Gasteiger partial charge in [-0.25, -0.2) is 4.79 Å². The molecule has 0 saturated heterocycles. The van der Waals surface area contributed by atoms with E-state index in [0.29, 0.717) is 5.75 Å². The third kappa shape index (κ3) is 2.23. The summed E-state index contributed by atoms with van der Waals surface area (Å²) in [6, 6.07) is 4.09. The number of hydrogen-bond donors (Lipinski definition) is 1. The van der Waals surface area contributed by atoms with Crippen LogP contribution in [0.15, 0.2) is 18.2 Å². The van der Waals surface area contributed by atoms with Gasteiger partial charge in [-0.3, -0.25) is 4.79 Å². The zero-order valence-corrected chi connectivity index (χ0v) is 8.04. The van der Waals surface area contributed by atoms with E-state index in [4.69, 9.17) is 21.4 Å². The van der Waals surface area contributed by atoms with Gasteiger partial charge in [-0.05, 0) is 18.2 Å². The molecule has 0 heterocycles.